The molecule has 2 aliphatic heterocycles. The first-order chi connectivity index (χ1) is 39.6. The molecule has 5 heterocycles. The van der Waals surface area contributed by atoms with Gasteiger partial charge in [-0.05, 0) is 136 Å². The van der Waals surface area contributed by atoms with Crippen molar-refractivity contribution in [1.29, 1.82) is 0 Å². The zero-order chi connectivity index (χ0) is 52.4. The van der Waals surface area contributed by atoms with Gasteiger partial charge in [0.15, 0.2) is 23.3 Å². The van der Waals surface area contributed by atoms with Gasteiger partial charge in [0.1, 0.15) is 22.6 Å². The Kier molecular flexibility index (Phi) is 9.54. The van der Waals surface area contributed by atoms with Gasteiger partial charge < -0.3 is 9.97 Å². The highest BCUT2D eigenvalue weighted by Gasteiger charge is 2.25. The van der Waals surface area contributed by atoms with Crippen molar-refractivity contribution in [1.82, 2.24) is 39.9 Å². The van der Waals surface area contributed by atoms with Crippen LogP contribution < -0.4 is 0 Å². The summed E-state index contributed by atoms with van der Waals surface area (Å²) >= 11 is 0. The average molecular weight is 1020 g/mol. The molecule has 0 amide bonds. The molecule has 8 bridgehead atoms. The van der Waals surface area contributed by atoms with Gasteiger partial charge in [0.2, 0.25) is 0 Å². The van der Waals surface area contributed by atoms with Gasteiger partial charge in [0.05, 0.1) is 0 Å². The van der Waals surface area contributed by atoms with Crippen LogP contribution >= 0.6 is 0 Å². The molecule has 0 radical (unpaired) electrons. The summed E-state index contributed by atoms with van der Waals surface area (Å²) in [6, 6.07) is 86.1. The molecular weight excluding hydrogens is 977 g/mol. The SMILES string of the molecule is c1ccc2c(-c3ccc4c(c3)-c3nc-4nc4[nH]c(nc5nc(nc6[nH]c(n3)c3ccc(-c7cccc8ccccc78)cc63)-c3ccc(-c6cccc7ccccc67)cc3-5)c3ccc(-c5cccc6ccccc56)cc43)cccc2c1. The molecule has 2 aliphatic rings. The molecule has 0 aliphatic carbocycles. The number of aromatic nitrogens is 8. The summed E-state index contributed by atoms with van der Waals surface area (Å²) in [7, 11) is 0. The quantitative estimate of drug-likeness (QED) is 0.182. The number of benzene rings is 12. The molecule has 12 aromatic carbocycles. The molecule has 0 unspecified atom stereocenters. The summed E-state index contributed by atoms with van der Waals surface area (Å²) in [6.45, 7) is 0. The first-order valence-electron chi connectivity index (χ1n) is 26.9. The summed E-state index contributed by atoms with van der Waals surface area (Å²) < 4.78 is 0. The minimum absolute atomic E-state index is 0.540. The second-order valence-corrected chi connectivity index (χ2v) is 20.8. The minimum atomic E-state index is 0.540. The van der Waals surface area contributed by atoms with Gasteiger partial charge in [0, 0.05) is 43.8 Å². The van der Waals surface area contributed by atoms with Crippen molar-refractivity contribution in [3.63, 3.8) is 0 Å². The van der Waals surface area contributed by atoms with Crippen LogP contribution in [0.1, 0.15) is 0 Å². The number of hydrogen-bond acceptors (Lipinski definition) is 6. The van der Waals surface area contributed by atoms with E-state index in [0.29, 0.717) is 45.9 Å². The number of aromatic amines is 2. The molecule has 8 nitrogen and oxygen atoms in total. The first-order valence-corrected chi connectivity index (χ1v) is 26.9. The van der Waals surface area contributed by atoms with E-state index < -0.39 is 0 Å². The van der Waals surface area contributed by atoms with Gasteiger partial charge in [-0.1, -0.05) is 194 Å². The predicted molar refractivity (Wildman–Crippen MR) is 328 cm³/mol. The third-order valence-electron chi connectivity index (χ3n) is 16.2. The monoisotopic (exact) mass is 1020 g/mol. The number of nitrogens with one attached hydrogen (secondary N) is 2. The maximum Gasteiger partial charge on any atom is 0.164 e. The van der Waals surface area contributed by atoms with E-state index in [1.807, 2.05) is 0 Å². The molecular formula is C72H42N8. The Labute approximate surface area is 457 Å². The van der Waals surface area contributed by atoms with Crippen LogP contribution in [0.3, 0.4) is 0 Å². The molecule has 2 N–H and O–H groups in total. The molecule has 3 aromatic heterocycles. The standard InChI is InChI=1S/C72H42N8/c1-5-21-49-41(13-1)17-9-25-53(49)45-29-33-57-61(37-45)69-73-65(57)78-70-63-39-47(55-27-11-19-43-15-3-7-23-51(43)55)31-35-59(63)67(75-70)80-72-64-40-48(56-28-12-20-44-16-4-8-24-52(44)56)32-36-60(64)68(76-72)79-71-62-38-46(30-34-58(62)66(74-71)77-69)54-26-10-18-42-14-2-6-22-50(42)54/h1-40H,(H2,73,74,75,76,77,78,79,80). The minimum Gasteiger partial charge on any atom is -0.324 e. The van der Waals surface area contributed by atoms with Gasteiger partial charge in [-0.3, -0.25) is 0 Å². The highest BCUT2D eigenvalue weighted by molar-refractivity contribution is 6.11. The number of fused-ring (bicyclic) bond motifs is 24. The van der Waals surface area contributed by atoms with Crippen molar-refractivity contribution in [3.8, 4) is 90.1 Å². The fourth-order valence-electron chi connectivity index (χ4n) is 12.4. The van der Waals surface area contributed by atoms with E-state index in [1.165, 1.54) is 43.1 Å². The molecule has 80 heavy (non-hydrogen) atoms. The highest BCUT2D eigenvalue weighted by atomic mass is 15.1. The molecule has 0 saturated heterocycles. The maximum absolute atomic E-state index is 5.52. The lowest BCUT2D eigenvalue weighted by Gasteiger charge is -2.09. The number of H-pyrrole nitrogens is 2. The van der Waals surface area contributed by atoms with Gasteiger partial charge >= 0.3 is 0 Å². The summed E-state index contributed by atoms with van der Waals surface area (Å²) in [5, 5.41) is 13.0. The van der Waals surface area contributed by atoms with Crippen molar-refractivity contribution in [2.45, 2.75) is 0 Å². The van der Waals surface area contributed by atoms with Crippen molar-refractivity contribution < 1.29 is 0 Å². The van der Waals surface area contributed by atoms with Gasteiger partial charge in [-0.2, -0.15) is 0 Å². The average Bonchev–Trinajstić information content (AvgIpc) is 4.26. The fraction of sp³-hybridized carbons (Fsp3) is 0. The normalized spacial score (nSPS) is 12.0. The van der Waals surface area contributed by atoms with E-state index >= 15 is 0 Å². The van der Waals surface area contributed by atoms with E-state index in [-0.39, 0.29) is 0 Å². The van der Waals surface area contributed by atoms with Crippen LogP contribution in [0.4, 0.5) is 0 Å². The number of rotatable bonds is 4. The molecule has 0 saturated carbocycles. The van der Waals surface area contributed by atoms with E-state index in [1.54, 1.807) is 0 Å². The molecule has 17 rings (SSSR count). The van der Waals surface area contributed by atoms with E-state index in [4.69, 9.17) is 29.9 Å². The lowest BCUT2D eigenvalue weighted by molar-refractivity contribution is 1.19. The second kappa shape index (κ2) is 17.3. The van der Waals surface area contributed by atoms with E-state index in [2.05, 4.69) is 253 Å². The van der Waals surface area contributed by atoms with Crippen molar-refractivity contribution in [2.24, 2.45) is 0 Å². The lowest BCUT2D eigenvalue weighted by atomic mass is 9.95. The van der Waals surface area contributed by atoms with Crippen molar-refractivity contribution >= 4 is 87.2 Å². The fourth-order valence-corrected chi connectivity index (χ4v) is 12.4. The highest BCUT2D eigenvalue weighted by Crippen LogP contribution is 2.43. The Hall–Kier alpha value is -11.0. The lowest BCUT2D eigenvalue weighted by Crippen LogP contribution is -1.86. The summed E-state index contributed by atoms with van der Waals surface area (Å²) in [4.78, 5) is 40.3. The Morgan fingerprint density at radius 3 is 0.838 bits per heavy atom. The molecule has 370 valence electrons. The van der Waals surface area contributed by atoms with Crippen LogP contribution in [0.15, 0.2) is 243 Å². The van der Waals surface area contributed by atoms with Crippen LogP contribution in [0.2, 0.25) is 0 Å². The number of hydrogen-bond donors (Lipinski definition) is 2. The van der Waals surface area contributed by atoms with Gasteiger partial charge in [-0.25, -0.2) is 29.9 Å². The molecule has 15 aromatic rings. The van der Waals surface area contributed by atoms with Crippen molar-refractivity contribution in [2.75, 3.05) is 0 Å². The molecule has 8 heteroatoms. The third-order valence-corrected chi connectivity index (χ3v) is 16.2. The Bertz CT molecular complexity index is 4990. The molecule has 0 fully saturated rings. The first kappa shape index (κ1) is 44.2. The van der Waals surface area contributed by atoms with Crippen LogP contribution in [0.5, 0.6) is 0 Å². The Morgan fingerprint density at radius 1 is 0.188 bits per heavy atom. The van der Waals surface area contributed by atoms with Crippen LogP contribution in [0, 0.1) is 0 Å². The molecule has 0 spiro atoms. The zero-order valence-electron chi connectivity index (χ0n) is 42.8. The van der Waals surface area contributed by atoms with E-state index in [0.717, 1.165) is 88.3 Å². The van der Waals surface area contributed by atoms with Gasteiger partial charge in [-0.15, -0.1) is 0 Å². The van der Waals surface area contributed by atoms with Crippen LogP contribution in [-0.4, -0.2) is 39.9 Å². The predicted octanol–water partition coefficient (Wildman–Crippen LogP) is 18.1. The zero-order valence-corrected chi connectivity index (χ0v) is 42.8. The summed E-state index contributed by atoms with van der Waals surface area (Å²) in [6.07, 6.45) is 0. The summed E-state index contributed by atoms with van der Waals surface area (Å²) in [5.41, 5.74) is 14.8. The Morgan fingerprint density at radius 2 is 0.475 bits per heavy atom. The molecule has 0 atom stereocenters. The van der Waals surface area contributed by atoms with Crippen LogP contribution in [0.25, 0.3) is 177 Å². The van der Waals surface area contributed by atoms with Gasteiger partial charge in [0.25, 0.3) is 0 Å². The second-order valence-electron chi connectivity index (χ2n) is 20.8. The smallest absolute Gasteiger partial charge is 0.164 e. The number of nitrogens with zero attached hydrogens (tertiary/aromatic N) is 6. The maximum atomic E-state index is 5.52. The third kappa shape index (κ3) is 6.95. The van der Waals surface area contributed by atoms with Crippen LogP contribution in [-0.2, 0) is 0 Å². The largest absolute Gasteiger partial charge is 0.324 e. The topological polar surface area (TPSA) is 109 Å². The van der Waals surface area contributed by atoms with E-state index in [9.17, 15) is 0 Å². The van der Waals surface area contributed by atoms with Crippen molar-refractivity contribution in [3.05, 3.63) is 243 Å². The Balaban J connectivity index is 0.976. The summed E-state index contributed by atoms with van der Waals surface area (Å²) in [5.74, 6) is 2.16.